The maximum absolute atomic E-state index is 14.0. The van der Waals surface area contributed by atoms with E-state index in [1.807, 2.05) is 0 Å². The quantitative estimate of drug-likeness (QED) is 0.297. The summed E-state index contributed by atoms with van der Waals surface area (Å²) in [6.07, 6.45) is 0. The molecule has 0 atom stereocenters. The second-order valence-electron chi connectivity index (χ2n) is 6.13. The number of carbonyl (C=O) groups is 1. The molecule has 0 bridgehead atoms. The van der Waals surface area contributed by atoms with Gasteiger partial charge in [-0.1, -0.05) is 12.1 Å². The van der Waals surface area contributed by atoms with Gasteiger partial charge in [-0.2, -0.15) is 0 Å². The molecule has 1 amide bonds. The maximum atomic E-state index is 14.0. The summed E-state index contributed by atoms with van der Waals surface area (Å²) in [4.78, 5) is 15.0. The number of piperazine rings is 1. The van der Waals surface area contributed by atoms with E-state index < -0.39 is 40.7 Å². The van der Waals surface area contributed by atoms with Gasteiger partial charge in [0, 0.05) is 30.7 Å². The van der Waals surface area contributed by atoms with Crippen LogP contribution in [0.15, 0.2) is 28.7 Å². The number of nitrogens with zero attached hydrogens (tertiary/aromatic N) is 2. The molecule has 1 heterocycles. The Labute approximate surface area is 176 Å². The van der Waals surface area contributed by atoms with Crippen molar-refractivity contribution in [1.29, 1.82) is 0 Å². The number of nitrogens with one attached hydrogen (secondary N) is 1. The topological polar surface area (TPSA) is 35.6 Å². The van der Waals surface area contributed by atoms with Crippen molar-refractivity contribution in [2.45, 2.75) is 0 Å². The number of rotatable bonds is 2. The van der Waals surface area contributed by atoms with Gasteiger partial charge in [0.1, 0.15) is 5.69 Å². The molecule has 2 aromatic rings. The fourth-order valence-corrected chi connectivity index (χ4v) is 3.63. The van der Waals surface area contributed by atoms with Crippen LogP contribution in [0.1, 0.15) is 10.4 Å². The highest BCUT2D eigenvalue weighted by Crippen LogP contribution is 2.30. The number of thiocarbonyl (C=S) groups is 1. The molecular formula is C18H13BrF5N3OS. The van der Waals surface area contributed by atoms with Gasteiger partial charge >= 0.3 is 0 Å². The summed E-state index contributed by atoms with van der Waals surface area (Å²) in [5, 5.41) is 2.66. The van der Waals surface area contributed by atoms with E-state index in [9.17, 15) is 26.7 Å². The van der Waals surface area contributed by atoms with Gasteiger partial charge in [0.25, 0.3) is 5.91 Å². The minimum absolute atomic E-state index is 0.0522. The summed E-state index contributed by atoms with van der Waals surface area (Å²) in [5.74, 6) is -10.4. The van der Waals surface area contributed by atoms with E-state index >= 15 is 0 Å². The molecule has 1 fully saturated rings. The Morgan fingerprint density at radius 3 is 1.97 bits per heavy atom. The summed E-state index contributed by atoms with van der Waals surface area (Å²) in [6.45, 7) is 0.135. The molecule has 0 unspecified atom stereocenters. The monoisotopic (exact) mass is 493 g/mol. The van der Waals surface area contributed by atoms with E-state index in [1.165, 1.54) is 0 Å². The first kappa shape index (κ1) is 21.4. The van der Waals surface area contributed by atoms with E-state index in [0.29, 0.717) is 10.0 Å². The Balaban J connectivity index is 1.68. The van der Waals surface area contributed by atoms with E-state index in [-0.39, 0.29) is 31.3 Å². The maximum Gasteiger partial charge on any atom is 0.258 e. The molecule has 29 heavy (non-hydrogen) atoms. The van der Waals surface area contributed by atoms with E-state index in [4.69, 9.17) is 12.2 Å². The lowest BCUT2D eigenvalue weighted by atomic mass is 10.2. The lowest BCUT2D eigenvalue weighted by Crippen LogP contribution is -2.53. The average molecular weight is 494 g/mol. The Bertz CT molecular complexity index is 953. The second-order valence-corrected chi connectivity index (χ2v) is 7.37. The van der Waals surface area contributed by atoms with Gasteiger partial charge in [0.15, 0.2) is 28.4 Å². The zero-order chi connectivity index (χ0) is 21.3. The summed E-state index contributed by atoms with van der Waals surface area (Å²) in [6, 6.07) is 6.73. The fraction of sp³-hybridized carbons (Fsp3) is 0.222. The number of carbonyl (C=O) groups excluding carboxylic acids is 1. The van der Waals surface area contributed by atoms with Gasteiger partial charge in [-0.15, -0.1) is 0 Å². The molecule has 1 aliphatic heterocycles. The molecule has 154 valence electrons. The van der Waals surface area contributed by atoms with Crippen molar-refractivity contribution >= 4 is 44.9 Å². The molecular weight excluding hydrogens is 481 g/mol. The van der Waals surface area contributed by atoms with Crippen molar-refractivity contribution in [2.75, 3.05) is 31.1 Å². The number of anilines is 1. The minimum Gasteiger partial charge on any atom is -0.363 e. The molecule has 0 aliphatic carbocycles. The van der Waals surface area contributed by atoms with Gasteiger partial charge < -0.3 is 9.80 Å². The van der Waals surface area contributed by atoms with Crippen LogP contribution in [0.4, 0.5) is 27.6 Å². The molecule has 0 spiro atoms. The Kier molecular flexibility index (Phi) is 6.37. The Morgan fingerprint density at radius 1 is 0.897 bits per heavy atom. The normalized spacial score (nSPS) is 14.1. The molecule has 0 radical (unpaired) electrons. The second kappa shape index (κ2) is 8.62. The van der Waals surface area contributed by atoms with Gasteiger partial charge in [0.2, 0.25) is 5.82 Å². The van der Waals surface area contributed by atoms with Crippen LogP contribution in [-0.4, -0.2) is 42.1 Å². The first-order chi connectivity index (χ1) is 13.7. The van der Waals surface area contributed by atoms with Crippen LogP contribution in [0.25, 0.3) is 0 Å². The summed E-state index contributed by atoms with van der Waals surface area (Å²) < 4.78 is 68.6. The van der Waals surface area contributed by atoms with Gasteiger partial charge in [-0.3, -0.25) is 10.1 Å². The zero-order valence-electron chi connectivity index (χ0n) is 14.6. The van der Waals surface area contributed by atoms with Crippen LogP contribution in [0.3, 0.4) is 0 Å². The third-order valence-corrected chi connectivity index (χ3v) is 5.46. The van der Waals surface area contributed by atoms with Crippen molar-refractivity contribution in [3.63, 3.8) is 0 Å². The molecule has 0 saturated carbocycles. The highest BCUT2D eigenvalue weighted by atomic mass is 79.9. The van der Waals surface area contributed by atoms with Crippen LogP contribution in [0.2, 0.25) is 0 Å². The fourth-order valence-electron chi connectivity index (χ4n) is 2.89. The van der Waals surface area contributed by atoms with Gasteiger partial charge in [-0.25, -0.2) is 22.0 Å². The number of halogens is 6. The molecule has 4 nitrogen and oxygen atoms in total. The molecule has 0 aromatic heterocycles. The van der Waals surface area contributed by atoms with Crippen LogP contribution in [0.5, 0.6) is 0 Å². The standard InChI is InChI=1S/C18H13BrF5N3OS/c19-10-4-2-1-3-9(10)17(28)25-18(29)27-7-5-26(6-8-27)16-14(23)12(21)11(20)13(22)15(16)24/h1-4H,5-8H2,(H,25,28,29). The van der Waals surface area contributed by atoms with Crippen molar-refractivity contribution in [2.24, 2.45) is 0 Å². The van der Waals surface area contributed by atoms with E-state index in [0.717, 1.165) is 4.90 Å². The minimum atomic E-state index is -2.20. The van der Waals surface area contributed by atoms with Crippen LogP contribution < -0.4 is 10.2 Å². The number of hydrogen-bond acceptors (Lipinski definition) is 3. The highest BCUT2D eigenvalue weighted by molar-refractivity contribution is 9.10. The van der Waals surface area contributed by atoms with Crippen molar-refractivity contribution in [3.05, 3.63) is 63.4 Å². The lowest BCUT2D eigenvalue weighted by Gasteiger charge is -2.37. The molecule has 2 aromatic carbocycles. The van der Waals surface area contributed by atoms with Crippen LogP contribution >= 0.6 is 28.1 Å². The van der Waals surface area contributed by atoms with Crippen LogP contribution in [-0.2, 0) is 0 Å². The Morgan fingerprint density at radius 2 is 1.41 bits per heavy atom. The first-order valence-electron chi connectivity index (χ1n) is 8.33. The predicted molar refractivity (Wildman–Crippen MR) is 104 cm³/mol. The average Bonchev–Trinajstić information content (AvgIpc) is 2.71. The Hall–Kier alpha value is -2.27. The molecule has 1 saturated heterocycles. The van der Waals surface area contributed by atoms with Gasteiger partial charge in [-0.05, 0) is 40.3 Å². The summed E-state index contributed by atoms with van der Waals surface area (Å²) in [7, 11) is 0. The zero-order valence-corrected chi connectivity index (χ0v) is 17.0. The highest BCUT2D eigenvalue weighted by Gasteiger charge is 2.31. The molecule has 1 aliphatic rings. The number of benzene rings is 2. The summed E-state index contributed by atoms with van der Waals surface area (Å²) >= 11 is 8.46. The van der Waals surface area contributed by atoms with E-state index in [1.54, 1.807) is 29.2 Å². The first-order valence-corrected chi connectivity index (χ1v) is 9.53. The summed E-state index contributed by atoms with van der Waals surface area (Å²) in [5.41, 5.74) is -0.598. The number of amides is 1. The van der Waals surface area contributed by atoms with Gasteiger partial charge in [0.05, 0.1) is 5.56 Å². The smallest absolute Gasteiger partial charge is 0.258 e. The van der Waals surface area contributed by atoms with Crippen LogP contribution in [0, 0.1) is 29.1 Å². The molecule has 11 heteroatoms. The van der Waals surface area contributed by atoms with E-state index in [2.05, 4.69) is 21.2 Å². The number of hydrogen-bond donors (Lipinski definition) is 1. The van der Waals surface area contributed by atoms with Crippen molar-refractivity contribution in [1.82, 2.24) is 10.2 Å². The molecule has 3 rings (SSSR count). The molecule has 1 N–H and O–H groups in total. The third kappa shape index (κ3) is 4.20. The third-order valence-electron chi connectivity index (χ3n) is 4.41. The lowest BCUT2D eigenvalue weighted by molar-refractivity contribution is 0.0972. The predicted octanol–water partition coefficient (Wildman–Crippen LogP) is 3.98. The van der Waals surface area contributed by atoms with Crippen molar-refractivity contribution in [3.8, 4) is 0 Å². The largest absolute Gasteiger partial charge is 0.363 e. The van der Waals surface area contributed by atoms with Crippen molar-refractivity contribution < 1.29 is 26.7 Å². The SMILES string of the molecule is O=C(NC(=S)N1CCN(c2c(F)c(F)c(F)c(F)c2F)CC1)c1ccccc1Br.